The van der Waals surface area contributed by atoms with Crippen molar-refractivity contribution in [1.82, 2.24) is 10.2 Å². The molecule has 0 aliphatic carbocycles. The van der Waals surface area contributed by atoms with Crippen LogP contribution in [0.15, 0.2) is 30.3 Å². The fourth-order valence-electron chi connectivity index (χ4n) is 3.28. The number of hydrogen-bond donors (Lipinski definition) is 1. The van der Waals surface area contributed by atoms with Crippen LogP contribution in [0.2, 0.25) is 0 Å². The molecule has 0 amide bonds. The number of nitrogens with zero attached hydrogens (tertiary/aromatic N) is 1. The molecule has 1 heterocycles. The summed E-state index contributed by atoms with van der Waals surface area (Å²) in [5.41, 5.74) is 1.40. The first-order chi connectivity index (χ1) is 10.2. The Morgan fingerprint density at radius 3 is 2.71 bits per heavy atom. The number of ether oxygens (including phenoxy) is 1. The number of nitrogens with one attached hydrogen (secondary N) is 1. The zero-order chi connectivity index (χ0) is 15.1. The molecule has 118 valence electrons. The van der Waals surface area contributed by atoms with E-state index in [1.807, 2.05) is 7.11 Å². The Bertz CT molecular complexity index is 395. The third kappa shape index (κ3) is 4.80. The smallest absolute Gasteiger partial charge is 0.0710 e. The van der Waals surface area contributed by atoms with E-state index in [0.717, 1.165) is 26.2 Å². The Labute approximate surface area is 129 Å². The van der Waals surface area contributed by atoms with Gasteiger partial charge in [-0.05, 0) is 30.9 Å². The summed E-state index contributed by atoms with van der Waals surface area (Å²) in [5.74, 6) is 0.592. The number of methoxy groups -OCH3 is 1. The predicted molar refractivity (Wildman–Crippen MR) is 88.5 cm³/mol. The van der Waals surface area contributed by atoms with Crippen molar-refractivity contribution in [2.75, 3.05) is 33.3 Å². The lowest BCUT2D eigenvalue weighted by molar-refractivity contribution is 0.105. The standard InChI is InChI=1S/C18H30N2O/c1-4-11-19-18(16-8-6-5-7-9-16)15(2)13-20-12-10-17(14-20)21-3/h5-9,15,17-19H,4,10-14H2,1-3H3. The van der Waals surface area contributed by atoms with Gasteiger partial charge in [0.25, 0.3) is 0 Å². The molecule has 0 bridgehead atoms. The molecule has 0 aromatic heterocycles. The maximum absolute atomic E-state index is 5.48. The Morgan fingerprint density at radius 1 is 1.33 bits per heavy atom. The molecular formula is C18H30N2O. The largest absolute Gasteiger partial charge is 0.380 e. The van der Waals surface area contributed by atoms with Crippen LogP contribution in [-0.2, 0) is 4.74 Å². The molecule has 1 aromatic carbocycles. The molecule has 0 radical (unpaired) electrons. The molecule has 21 heavy (non-hydrogen) atoms. The lowest BCUT2D eigenvalue weighted by atomic mass is 9.94. The van der Waals surface area contributed by atoms with Gasteiger partial charge in [-0.2, -0.15) is 0 Å². The van der Waals surface area contributed by atoms with Crippen LogP contribution in [0.5, 0.6) is 0 Å². The SMILES string of the molecule is CCCNC(c1ccccc1)C(C)CN1CCC(OC)C1. The summed E-state index contributed by atoms with van der Waals surface area (Å²) >= 11 is 0. The van der Waals surface area contributed by atoms with Crippen molar-refractivity contribution in [1.29, 1.82) is 0 Å². The Morgan fingerprint density at radius 2 is 2.10 bits per heavy atom. The Kier molecular flexibility index (Phi) is 6.68. The van der Waals surface area contributed by atoms with E-state index in [2.05, 4.69) is 54.4 Å². The van der Waals surface area contributed by atoms with Crippen molar-refractivity contribution in [3.63, 3.8) is 0 Å². The van der Waals surface area contributed by atoms with Gasteiger partial charge in [-0.15, -0.1) is 0 Å². The van der Waals surface area contributed by atoms with Crippen molar-refractivity contribution in [2.45, 2.75) is 38.8 Å². The molecular weight excluding hydrogens is 260 g/mol. The van der Waals surface area contributed by atoms with Gasteiger partial charge < -0.3 is 15.0 Å². The zero-order valence-corrected chi connectivity index (χ0v) is 13.7. The molecule has 1 aliphatic rings. The second-order valence-electron chi connectivity index (χ2n) is 6.23. The van der Waals surface area contributed by atoms with Gasteiger partial charge in [0.2, 0.25) is 0 Å². The molecule has 0 spiro atoms. The minimum atomic E-state index is 0.427. The summed E-state index contributed by atoms with van der Waals surface area (Å²) < 4.78 is 5.48. The highest BCUT2D eigenvalue weighted by molar-refractivity contribution is 5.19. The van der Waals surface area contributed by atoms with Crippen molar-refractivity contribution >= 4 is 0 Å². The molecule has 1 aromatic rings. The fraction of sp³-hybridized carbons (Fsp3) is 0.667. The van der Waals surface area contributed by atoms with Crippen LogP contribution in [0.3, 0.4) is 0 Å². The molecule has 0 saturated carbocycles. The number of likely N-dealkylation sites (tertiary alicyclic amines) is 1. The highest BCUT2D eigenvalue weighted by atomic mass is 16.5. The highest BCUT2D eigenvalue weighted by Gasteiger charge is 2.26. The molecule has 1 N–H and O–H groups in total. The first-order valence-electron chi connectivity index (χ1n) is 8.28. The second kappa shape index (κ2) is 8.52. The van der Waals surface area contributed by atoms with E-state index >= 15 is 0 Å². The quantitative estimate of drug-likeness (QED) is 0.796. The molecule has 1 saturated heterocycles. The zero-order valence-electron chi connectivity index (χ0n) is 13.7. The average molecular weight is 290 g/mol. The fourth-order valence-corrected chi connectivity index (χ4v) is 3.28. The van der Waals surface area contributed by atoms with Gasteiger partial charge in [-0.25, -0.2) is 0 Å². The lowest BCUT2D eigenvalue weighted by Crippen LogP contribution is -2.35. The molecule has 1 aliphatic heterocycles. The van der Waals surface area contributed by atoms with E-state index in [9.17, 15) is 0 Å². The van der Waals surface area contributed by atoms with Gasteiger partial charge in [-0.1, -0.05) is 44.2 Å². The lowest BCUT2D eigenvalue weighted by Gasteiger charge is -2.29. The summed E-state index contributed by atoms with van der Waals surface area (Å²) in [6, 6.07) is 11.3. The predicted octanol–water partition coefficient (Wildman–Crippen LogP) is 3.08. The van der Waals surface area contributed by atoms with Crippen LogP contribution >= 0.6 is 0 Å². The average Bonchev–Trinajstić information content (AvgIpc) is 2.96. The van der Waals surface area contributed by atoms with Crippen molar-refractivity contribution in [2.24, 2.45) is 5.92 Å². The normalized spacial score (nSPS) is 22.3. The molecule has 2 rings (SSSR count). The summed E-state index contributed by atoms with van der Waals surface area (Å²) in [4.78, 5) is 2.54. The van der Waals surface area contributed by atoms with Crippen molar-refractivity contribution in [3.05, 3.63) is 35.9 Å². The summed E-state index contributed by atoms with van der Waals surface area (Å²) in [7, 11) is 1.83. The van der Waals surface area contributed by atoms with Crippen LogP contribution < -0.4 is 5.32 Å². The van der Waals surface area contributed by atoms with Gasteiger partial charge >= 0.3 is 0 Å². The summed E-state index contributed by atoms with van der Waals surface area (Å²) in [6.07, 6.45) is 2.77. The molecule has 3 nitrogen and oxygen atoms in total. The first kappa shape index (κ1) is 16.5. The minimum Gasteiger partial charge on any atom is -0.380 e. The van der Waals surface area contributed by atoms with Gasteiger partial charge in [-0.3, -0.25) is 0 Å². The topological polar surface area (TPSA) is 24.5 Å². The highest BCUT2D eigenvalue weighted by Crippen LogP contribution is 2.24. The number of rotatable bonds is 8. The first-order valence-corrected chi connectivity index (χ1v) is 8.28. The van der Waals surface area contributed by atoms with Crippen molar-refractivity contribution in [3.8, 4) is 0 Å². The van der Waals surface area contributed by atoms with E-state index in [-0.39, 0.29) is 0 Å². The molecule has 3 heteroatoms. The minimum absolute atomic E-state index is 0.427. The maximum Gasteiger partial charge on any atom is 0.0710 e. The van der Waals surface area contributed by atoms with Gasteiger partial charge in [0.05, 0.1) is 6.10 Å². The van der Waals surface area contributed by atoms with Gasteiger partial charge in [0.1, 0.15) is 0 Å². The van der Waals surface area contributed by atoms with E-state index in [1.165, 1.54) is 18.4 Å². The van der Waals surface area contributed by atoms with Crippen LogP contribution in [0, 0.1) is 5.92 Å². The Balaban J connectivity index is 1.96. The summed E-state index contributed by atoms with van der Waals surface area (Å²) in [6.45, 7) is 9.04. The number of benzene rings is 1. The molecule has 3 atom stereocenters. The molecule has 3 unspecified atom stereocenters. The summed E-state index contributed by atoms with van der Waals surface area (Å²) in [5, 5.41) is 3.73. The van der Waals surface area contributed by atoms with E-state index in [1.54, 1.807) is 0 Å². The third-order valence-electron chi connectivity index (χ3n) is 4.45. The van der Waals surface area contributed by atoms with Crippen LogP contribution in [0.25, 0.3) is 0 Å². The van der Waals surface area contributed by atoms with Crippen LogP contribution in [0.1, 0.15) is 38.3 Å². The van der Waals surface area contributed by atoms with E-state index < -0.39 is 0 Å². The van der Waals surface area contributed by atoms with Crippen molar-refractivity contribution < 1.29 is 4.74 Å². The number of hydrogen-bond acceptors (Lipinski definition) is 3. The Hall–Kier alpha value is -0.900. The van der Waals surface area contributed by atoms with Crippen LogP contribution in [-0.4, -0.2) is 44.3 Å². The van der Waals surface area contributed by atoms with Crippen LogP contribution in [0.4, 0.5) is 0 Å². The maximum atomic E-state index is 5.48. The van der Waals surface area contributed by atoms with E-state index in [0.29, 0.717) is 18.1 Å². The van der Waals surface area contributed by atoms with E-state index in [4.69, 9.17) is 4.74 Å². The van der Waals surface area contributed by atoms with Gasteiger partial charge in [0, 0.05) is 32.8 Å². The molecule has 1 fully saturated rings. The monoisotopic (exact) mass is 290 g/mol. The third-order valence-corrected chi connectivity index (χ3v) is 4.45. The second-order valence-corrected chi connectivity index (χ2v) is 6.23. The van der Waals surface area contributed by atoms with Gasteiger partial charge in [0.15, 0.2) is 0 Å².